The molecule has 0 aromatic carbocycles. The van der Waals surface area contributed by atoms with E-state index in [1.54, 1.807) is 18.3 Å². The van der Waals surface area contributed by atoms with Gasteiger partial charge in [0.1, 0.15) is 5.60 Å². The fraction of sp³-hybridized carbons (Fsp3) is 0.654. The summed E-state index contributed by atoms with van der Waals surface area (Å²) in [6.07, 6.45) is 11.5. The smallest absolute Gasteiger partial charge is 0.311 e. The summed E-state index contributed by atoms with van der Waals surface area (Å²) >= 11 is 0. The summed E-state index contributed by atoms with van der Waals surface area (Å²) in [5.74, 6) is 0.843. The number of rotatable bonds is 10. The van der Waals surface area contributed by atoms with Gasteiger partial charge >= 0.3 is 11.9 Å². The molecular weight excluding hydrogens is 434 g/mol. The van der Waals surface area contributed by atoms with E-state index in [0.29, 0.717) is 23.0 Å². The Labute approximate surface area is 201 Å². The quantitative estimate of drug-likeness (QED) is 0.423. The molecule has 0 aliphatic heterocycles. The average molecular weight is 472 g/mol. The Kier molecular flexibility index (Phi) is 9.19. The molecule has 186 valence electrons. The van der Waals surface area contributed by atoms with Crippen molar-refractivity contribution >= 4 is 11.9 Å². The summed E-state index contributed by atoms with van der Waals surface area (Å²) in [6.45, 7) is 5.60. The third-order valence-corrected chi connectivity index (χ3v) is 6.15. The SMILES string of the molecule is COC(=O)Cc1ccc(-c2noc(C(CCCC3CCCCC3)CC(=O)OC(C)(C)C)n2)cn1. The zero-order valence-electron chi connectivity index (χ0n) is 20.8. The first kappa shape index (κ1) is 25.8. The highest BCUT2D eigenvalue weighted by Crippen LogP contribution is 2.32. The monoisotopic (exact) mass is 471 g/mol. The molecule has 8 nitrogen and oxygen atoms in total. The van der Waals surface area contributed by atoms with E-state index in [2.05, 4.69) is 19.9 Å². The molecule has 0 radical (unpaired) electrons. The van der Waals surface area contributed by atoms with Crippen LogP contribution in [0.2, 0.25) is 0 Å². The van der Waals surface area contributed by atoms with E-state index in [4.69, 9.17) is 9.26 Å². The Bertz CT molecular complexity index is 927. The molecule has 1 aliphatic rings. The number of carbonyl (C=O) groups is 2. The summed E-state index contributed by atoms with van der Waals surface area (Å²) in [6, 6.07) is 3.54. The molecule has 0 N–H and O–H groups in total. The van der Waals surface area contributed by atoms with Crippen LogP contribution in [0, 0.1) is 5.92 Å². The first-order chi connectivity index (χ1) is 16.2. The van der Waals surface area contributed by atoms with Crippen LogP contribution in [0.1, 0.15) is 96.1 Å². The fourth-order valence-electron chi connectivity index (χ4n) is 4.43. The van der Waals surface area contributed by atoms with Gasteiger partial charge in [0, 0.05) is 17.7 Å². The summed E-state index contributed by atoms with van der Waals surface area (Å²) in [7, 11) is 1.35. The van der Waals surface area contributed by atoms with Crippen molar-refractivity contribution in [3.63, 3.8) is 0 Å². The second-order valence-corrected chi connectivity index (χ2v) is 10.2. The maximum atomic E-state index is 12.6. The van der Waals surface area contributed by atoms with Gasteiger partial charge in [-0.1, -0.05) is 50.1 Å². The van der Waals surface area contributed by atoms with Crippen LogP contribution in [0.3, 0.4) is 0 Å². The molecule has 0 amide bonds. The molecule has 3 rings (SSSR count). The van der Waals surface area contributed by atoms with E-state index in [0.717, 1.165) is 25.2 Å². The van der Waals surface area contributed by atoms with Crippen LogP contribution >= 0.6 is 0 Å². The standard InChI is InChI=1S/C26H37N3O5/c1-26(2,3)33-23(31)15-19(12-8-11-18-9-6-5-7-10-18)25-28-24(29-34-25)20-13-14-21(27-17-20)16-22(30)32-4/h13-14,17-19H,5-12,15-16H2,1-4H3. The third-order valence-electron chi connectivity index (χ3n) is 6.15. The van der Waals surface area contributed by atoms with Gasteiger partial charge in [-0.2, -0.15) is 4.98 Å². The van der Waals surface area contributed by atoms with Gasteiger partial charge in [-0.3, -0.25) is 14.6 Å². The normalized spacial score (nSPS) is 15.6. The Balaban J connectivity index is 1.68. The van der Waals surface area contributed by atoms with Crippen LogP contribution in [0.4, 0.5) is 0 Å². The van der Waals surface area contributed by atoms with Crippen molar-refractivity contribution in [2.24, 2.45) is 5.92 Å². The summed E-state index contributed by atoms with van der Waals surface area (Å²) in [5.41, 5.74) is 0.744. The molecule has 2 aromatic heterocycles. The average Bonchev–Trinajstić information content (AvgIpc) is 3.28. The molecule has 34 heavy (non-hydrogen) atoms. The highest BCUT2D eigenvalue weighted by atomic mass is 16.6. The predicted molar refractivity (Wildman–Crippen MR) is 127 cm³/mol. The van der Waals surface area contributed by atoms with Crippen LogP contribution in [-0.2, 0) is 25.5 Å². The van der Waals surface area contributed by atoms with Crippen molar-refractivity contribution < 1.29 is 23.6 Å². The Hall–Kier alpha value is -2.77. The van der Waals surface area contributed by atoms with E-state index in [9.17, 15) is 9.59 Å². The molecule has 2 aromatic rings. The number of aromatic nitrogens is 3. The second kappa shape index (κ2) is 12.1. The van der Waals surface area contributed by atoms with Crippen molar-refractivity contribution in [2.75, 3.05) is 7.11 Å². The van der Waals surface area contributed by atoms with Crippen molar-refractivity contribution in [3.8, 4) is 11.4 Å². The van der Waals surface area contributed by atoms with Gasteiger partial charge in [0.25, 0.3) is 0 Å². The number of esters is 2. The predicted octanol–water partition coefficient (Wildman–Crippen LogP) is 5.41. The molecule has 1 aliphatic carbocycles. The van der Waals surface area contributed by atoms with Gasteiger partial charge in [0.15, 0.2) is 0 Å². The van der Waals surface area contributed by atoms with Crippen LogP contribution in [-0.4, -0.2) is 39.8 Å². The van der Waals surface area contributed by atoms with E-state index < -0.39 is 5.60 Å². The molecule has 1 fully saturated rings. The Morgan fingerprint density at radius 1 is 1.15 bits per heavy atom. The summed E-state index contributed by atoms with van der Waals surface area (Å²) in [4.78, 5) is 32.9. The Morgan fingerprint density at radius 3 is 2.56 bits per heavy atom. The molecule has 0 bridgehead atoms. The lowest BCUT2D eigenvalue weighted by atomic mass is 9.84. The number of hydrogen-bond donors (Lipinski definition) is 0. The first-order valence-corrected chi connectivity index (χ1v) is 12.3. The zero-order valence-corrected chi connectivity index (χ0v) is 20.8. The maximum absolute atomic E-state index is 12.6. The summed E-state index contributed by atoms with van der Waals surface area (Å²) < 4.78 is 15.8. The van der Waals surface area contributed by atoms with Crippen LogP contribution in [0.5, 0.6) is 0 Å². The molecule has 1 unspecified atom stereocenters. The number of ether oxygens (including phenoxy) is 2. The topological polar surface area (TPSA) is 104 Å². The van der Waals surface area contributed by atoms with Crippen molar-refractivity contribution in [1.29, 1.82) is 0 Å². The lowest BCUT2D eigenvalue weighted by Gasteiger charge is -2.23. The molecule has 1 saturated carbocycles. The number of hydrogen-bond acceptors (Lipinski definition) is 8. The number of pyridine rings is 1. The van der Waals surface area contributed by atoms with Crippen LogP contribution < -0.4 is 0 Å². The lowest BCUT2D eigenvalue weighted by molar-refractivity contribution is -0.155. The van der Waals surface area contributed by atoms with Gasteiger partial charge in [0.2, 0.25) is 11.7 Å². The molecular formula is C26H37N3O5. The van der Waals surface area contributed by atoms with Gasteiger partial charge in [-0.05, 0) is 45.2 Å². The maximum Gasteiger partial charge on any atom is 0.311 e. The summed E-state index contributed by atoms with van der Waals surface area (Å²) in [5, 5.41) is 4.12. The largest absolute Gasteiger partial charge is 0.469 e. The van der Waals surface area contributed by atoms with E-state index in [1.807, 2.05) is 20.8 Å². The van der Waals surface area contributed by atoms with Gasteiger partial charge < -0.3 is 14.0 Å². The minimum absolute atomic E-state index is 0.104. The van der Waals surface area contributed by atoms with Gasteiger partial charge in [0.05, 0.1) is 25.6 Å². The number of methoxy groups -OCH3 is 1. The van der Waals surface area contributed by atoms with E-state index in [1.165, 1.54) is 39.2 Å². The van der Waals surface area contributed by atoms with Crippen molar-refractivity contribution in [3.05, 3.63) is 29.9 Å². The lowest BCUT2D eigenvalue weighted by Crippen LogP contribution is -2.25. The van der Waals surface area contributed by atoms with Gasteiger partial charge in [-0.25, -0.2) is 0 Å². The molecule has 1 atom stereocenters. The van der Waals surface area contributed by atoms with Gasteiger partial charge in [-0.15, -0.1) is 0 Å². The van der Waals surface area contributed by atoms with Crippen molar-refractivity contribution in [1.82, 2.24) is 15.1 Å². The highest BCUT2D eigenvalue weighted by molar-refractivity contribution is 5.72. The Morgan fingerprint density at radius 2 is 1.91 bits per heavy atom. The zero-order chi connectivity index (χ0) is 24.6. The molecule has 2 heterocycles. The minimum Gasteiger partial charge on any atom is -0.469 e. The van der Waals surface area contributed by atoms with E-state index >= 15 is 0 Å². The fourth-order valence-corrected chi connectivity index (χ4v) is 4.43. The first-order valence-electron chi connectivity index (χ1n) is 12.3. The third kappa shape index (κ3) is 8.22. The number of nitrogens with zero attached hydrogens (tertiary/aromatic N) is 3. The van der Waals surface area contributed by atoms with Crippen molar-refractivity contribution in [2.45, 2.75) is 96.5 Å². The highest BCUT2D eigenvalue weighted by Gasteiger charge is 2.26. The molecule has 8 heteroatoms. The van der Waals surface area contributed by atoms with Crippen LogP contribution in [0.15, 0.2) is 22.9 Å². The van der Waals surface area contributed by atoms with E-state index in [-0.39, 0.29) is 30.7 Å². The number of carbonyl (C=O) groups excluding carboxylic acids is 2. The second-order valence-electron chi connectivity index (χ2n) is 10.2. The molecule has 0 saturated heterocycles. The minimum atomic E-state index is -0.540. The molecule has 0 spiro atoms. The van der Waals surface area contributed by atoms with Crippen LogP contribution in [0.25, 0.3) is 11.4 Å².